The summed E-state index contributed by atoms with van der Waals surface area (Å²) in [6.45, 7) is 8.35. The molecule has 0 amide bonds. The van der Waals surface area contributed by atoms with Crippen LogP contribution in [0.2, 0.25) is 5.15 Å². The molecule has 1 aromatic heterocycles. The van der Waals surface area contributed by atoms with Crippen molar-refractivity contribution in [1.29, 1.82) is 0 Å². The molecule has 1 aromatic rings. The van der Waals surface area contributed by atoms with Crippen LogP contribution in [0.3, 0.4) is 0 Å². The third-order valence-corrected chi connectivity index (χ3v) is 4.15. The molecule has 0 N–H and O–H groups in total. The lowest BCUT2D eigenvalue weighted by atomic mass is 9.88. The molecule has 2 rings (SSSR count). The topological polar surface area (TPSA) is 39.2 Å². The maximum absolute atomic E-state index is 12.3. The number of rotatable bonds is 2. The van der Waals surface area contributed by atoms with Gasteiger partial charge in [0.05, 0.1) is 5.56 Å². The number of pyridine rings is 1. The zero-order valence-electron chi connectivity index (χ0n) is 13.3. The van der Waals surface area contributed by atoms with Gasteiger partial charge in [0.2, 0.25) is 0 Å². The summed E-state index contributed by atoms with van der Waals surface area (Å²) < 4.78 is 5.65. The number of esters is 1. The third kappa shape index (κ3) is 4.44. The maximum atomic E-state index is 12.3. The molecule has 0 radical (unpaired) electrons. The van der Waals surface area contributed by atoms with Crippen LogP contribution < -0.4 is 0 Å². The van der Waals surface area contributed by atoms with Gasteiger partial charge in [-0.15, -0.1) is 0 Å². The number of hydrogen-bond donors (Lipinski definition) is 0. The largest absolute Gasteiger partial charge is 0.459 e. The van der Waals surface area contributed by atoms with Crippen LogP contribution in [0, 0.1) is 5.92 Å². The Balaban J connectivity index is 2.13. The van der Waals surface area contributed by atoms with Crippen molar-refractivity contribution in [1.82, 2.24) is 4.98 Å². The van der Waals surface area contributed by atoms with Crippen molar-refractivity contribution in [2.75, 3.05) is 0 Å². The van der Waals surface area contributed by atoms with Crippen molar-refractivity contribution in [2.45, 2.75) is 64.9 Å². The molecule has 4 heteroatoms. The highest BCUT2D eigenvalue weighted by atomic mass is 35.5. The van der Waals surface area contributed by atoms with Crippen molar-refractivity contribution < 1.29 is 9.53 Å². The van der Waals surface area contributed by atoms with Crippen LogP contribution in [0.15, 0.2) is 12.1 Å². The van der Waals surface area contributed by atoms with E-state index in [-0.39, 0.29) is 17.5 Å². The summed E-state index contributed by atoms with van der Waals surface area (Å²) in [5.74, 6) is 0.339. The first-order chi connectivity index (χ1) is 9.75. The number of halogens is 1. The van der Waals surface area contributed by atoms with E-state index >= 15 is 0 Å². The fraction of sp³-hybridized carbons (Fsp3) is 0.647. The molecule has 1 aliphatic carbocycles. The lowest BCUT2D eigenvalue weighted by Gasteiger charge is -2.26. The summed E-state index contributed by atoms with van der Waals surface area (Å²) in [5, 5.41) is 0.339. The molecule has 1 aliphatic rings. The van der Waals surface area contributed by atoms with Crippen LogP contribution in [0.1, 0.15) is 69.4 Å². The van der Waals surface area contributed by atoms with Gasteiger partial charge in [-0.1, -0.05) is 45.7 Å². The van der Waals surface area contributed by atoms with Gasteiger partial charge in [-0.3, -0.25) is 0 Å². The van der Waals surface area contributed by atoms with Gasteiger partial charge >= 0.3 is 5.97 Å². The van der Waals surface area contributed by atoms with E-state index in [1.807, 2.05) is 20.8 Å². The number of hydrogen-bond acceptors (Lipinski definition) is 3. The van der Waals surface area contributed by atoms with Crippen molar-refractivity contribution in [2.24, 2.45) is 5.92 Å². The Morgan fingerprint density at radius 3 is 2.67 bits per heavy atom. The van der Waals surface area contributed by atoms with Gasteiger partial charge in [0, 0.05) is 11.1 Å². The molecule has 2 atom stereocenters. The minimum absolute atomic E-state index is 0.0336. The smallest absolute Gasteiger partial charge is 0.338 e. The normalized spacial score (nSPS) is 22.9. The Kier molecular flexibility index (Phi) is 4.92. The molecule has 1 fully saturated rings. The highest BCUT2D eigenvalue weighted by Gasteiger charge is 2.24. The maximum Gasteiger partial charge on any atom is 0.338 e. The standard InChI is InChI=1S/C17H24ClNO2/c1-11-6-5-7-13(8-11)21-16(20)12-9-14(17(2,3)4)19-15(18)10-12/h9-11,13H,5-8H2,1-4H3. The lowest BCUT2D eigenvalue weighted by molar-refractivity contribution is 0.0155. The molecule has 21 heavy (non-hydrogen) atoms. The van der Waals surface area contributed by atoms with Crippen LogP contribution >= 0.6 is 11.6 Å². The highest BCUT2D eigenvalue weighted by molar-refractivity contribution is 6.29. The average molecular weight is 310 g/mol. The molecule has 0 bridgehead atoms. The van der Waals surface area contributed by atoms with E-state index in [1.165, 1.54) is 6.42 Å². The zero-order chi connectivity index (χ0) is 15.6. The summed E-state index contributed by atoms with van der Waals surface area (Å²) in [6.07, 6.45) is 4.30. The number of ether oxygens (including phenoxy) is 1. The van der Waals surface area contributed by atoms with E-state index in [9.17, 15) is 4.79 Å². The second kappa shape index (κ2) is 6.35. The SMILES string of the molecule is CC1CCCC(OC(=O)c2cc(Cl)nc(C(C)(C)C)c2)C1. The zero-order valence-corrected chi connectivity index (χ0v) is 14.0. The molecule has 1 heterocycles. The quantitative estimate of drug-likeness (QED) is 0.583. The molecule has 0 aliphatic heterocycles. The van der Waals surface area contributed by atoms with Gasteiger partial charge in [0.25, 0.3) is 0 Å². The van der Waals surface area contributed by atoms with Gasteiger partial charge in [-0.2, -0.15) is 0 Å². The molecule has 2 unspecified atom stereocenters. The molecule has 3 nitrogen and oxygen atoms in total. The number of carbonyl (C=O) groups excluding carboxylic acids is 1. The molecule has 0 saturated heterocycles. The molecular weight excluding hydrogens is 286 g/mol. The number of carbonyl (C=O) groups is 1. The summed E-state index contributed by atoms with van der Waals surface area (Å²) in [6, 6.07) is 3.38. The van der Waals surface area contributed by atoms with Gasteiger partial charge in [0.15, 0.2) is 0 Å². The Bertz CT molecular complexity index is 522. The van der Waals surface area contributed by atoms with E-state index in [0.29, 0.717) is 16.6 Å². The minimum atomic E-state index is -0.288. The second-order valence-corrected chi connectivity index (χ2v) is 7.50. The molecule has 1 saturated carbocycles. The van der Waals surface area contributed by atoms with E-state index < -0.39 is 0 Å². The summed E-state index contributed by atoms with van der Waals surface area (Å²) in [4.78, 5) is 16.6. The van der Waals surface area contributed by atoms with Crippen molar-refractivity contribution in [3.05, 3.63) is 28.5 Å². The predicted octanol–water partition coefficient (Wildman–Crippen LogP) is 4.77. The molecular formula is C17H24ClNO2. The summed E-state index contributed by atoms with van der Waals surface area (Å²) >= 11 is 6.05. The van der Waals surface area contributed by atoms with E-state index in [4.69, 9.17) is 16.3 Å². The van der Waals surface area contributed by atoms with Crippen LogP contribution in [-0.2, 0) is 10.2 Å². The van der Waals surface area contributed by atoms with Gasteiger partial charge in [0.1, 0.15) is 11.3 Å². The molecule has 0 aromatic carbocycles. The highest BCUT2D eigenvalue weighted by Crippen LogP contribution is 2.28. The predicted molar refractivity (Wildman–Crippen MR) is 84.8 cm³/mol. The van der Waals surface area contributed by atoms with E-state index in [1.54, 1.807) is 12.1 Å². The van der Waals surface area contributed by atoms with E-state index in [0.717, 1.165) is 25.0 Å². The Morgan fingerprint density at radius 1 is 1.33 bits per heavy atom. The van der Waals surface area contributed by atoms with Crippen LogP contribution in [0.5, 0.6) is 0 Å². The third-order valence-electron chi connectivity index (χ3n) is 3.96. The van der Waals surface area contributed by atoms with E-state index in [2.05, 4.69) is 11.9 Å². The molecule has 0 spiro atoms. The second-order valence-electron chi connectivity index (χ2n) is 7.11. The fourth-order valence-electron chi connectivity index (χ4n) is 2.70. The average Bonchev–Trinajstić information content (AvgIpc) is 2.37. The Hall–Kier alpha value is -1.09. The fourth-order valence-corrected chi connectivity index (χ4v) is 2.91. The monoisotopic (exact) mass is 309 g/mol. The number of aromatic nitrogens is 1. The van der Waals surface area contributed by atoms with Crippen LogP contribution in [0.25, 0.3) is 0 Å². The van der Waals surface area contributed by atoms with Crippen molar-refractivity contribution in [3.63, 3.8) is 0 Å². The van der Waals surface area contributed by atoms with Crippen LogP contribution in [0.4, 0.5) is 0 Å². The van der Waals surface area contributed by atoms with Crippen LogP contribution in [-0.4, -0.2) is 17.1 Å². The van der Waals surface area contributed by atoms with Crippen molar-refractivity contribution >= 4 is 17.6 Å². The van der Waals surface area contributed by atoms with Gasteiger partial charge in [-0.25, -0.2) is 9.78 Å². The number of nitrogens with zero attached hydrogens (tertiary/aromatic N) is 1. The Labute approximate surface area is 132 Å². The van der Waals surface area contributed by atoms with Gasteiger partial charge in [-0.05, 0) is 37.3 Å². The minimum Gasteiger partial charge on any atom is -0.459 e. The first-order valence-corrected chi connectivity index (χ1v) is 8.02. The van der Waals surface area contributed by atoms with Crippen molar-refractivity contribution in [3.8, 4) is 0 Å². The summed E-state index contributed by atoms with van der Waals surface area (Å²) in [7, 11) is 0. The summed E-state index contributed by atoms with van der Waals surface area (Å²) in [5.41, 5.74) is 1.15. The molecule has 116 valence electrons. The van der Waals surface area contributed by atoms with Gasteiger partial charge < -0.3 is 4.74 Å². The lowest BCUT2D eigenvalue weighted by Crippen LogP contribution is -2.25. The first kappa shape index (κ1) is 16.3. The first-order valence-electron chi connectivity index (χ1n) is 7.65. The Morgan fingerprint density at radius 2 is 2.05 bits per heavy atom.